The summed E-state index contributed by atoms with van der Waals surface area (Å²) in [6.07, 6.45) is 0. The van der Waals surface area contributed by atoms with Gasteiger partial charge in [-0.1, -0.05) is 23.2 Å². The molecule has 0 bridgehead atoms. The molecule has 0 amide bonds. The van der Waals surface area contributed by atoms with E-state index in [1.165, 1.54) is 7.11 Å². The minimum absolute atomic E-state index is 0.0249. The van der Waals surface area contributed by atoms with Crippen LogP contribution < -0.4 is 10.1 Å². The Hall–Kier alpha value is -0.810. The summed E-state index contributed by atoms with van der Waals surface area (Å²) >= 11 is 12.0. The molecule has 1 aromatic carbocycles. The molecule has 1 aliphatic rings. The van der Waals surface area contributed by atoms with Crippen molar-refractivity contribution in [3.8, 4) is 5.75 Å². The number of hydrogen-bond acceptors (Lipinski definition) is 4. The number of Topliss-reactive ketones (excluding diaryl/α,β-unsaturated/α-hetero) is 1. The number of carbonyl (C=O) groups is 1. The molecule has 4 nitrogen and oxygen atoms in total. The van der Waals surface area contributed by atoms with E-state index < -0.39 is 0 Å². The van der Waals surface area contributed by atoms with Crippen LogP contribution in [0.4, 0.5) is 0 Å². The van der Waals surface area contributed by atoms with Gasteiger partial charge in [0, 0.05) is 31.2 Å². The number of ether oxygens (including phenoxy) is 1. The van der Waals surface area contributed by atoms with E-state index in [9.17, 15) is 4.79 Å². The molecular formula is C13H16Cl2N2O2. The molecule has 19 heavy (non-hydrogen) atoms. The fourth-order valence-electron chi connectivity index (χ4n) is 2.13. The zero-order valence-electron chi connectivity index (χ0n) is 10.7. The molecule has 0 saturated carbocycles. The van der Waals surface area contributed by atoms with Crippen molar-refractivity contribution >= 4 is 29.0 Å². The molecule has 2 rings (SSSR count). The van der Waals surface area contributed by atoms with Gasteiger partial charge in [-0.15, -0.1) is 0 Å². The summed E-state index contributed by atoms with van der Waals surface area (Å²) in [4.78, 5) is 14.4. The largest absolute Gasteiger partial charge is 0.494 e. The SMILES string of the molecule is COc1c(Cl)cc(Cl)cc1C(=O)CN1CCNCC1. The summed E-state index contributed by atoms with van der Waals surface area (Å²) in [7, 11) is 1.50. The summed E-state index contributed by atoms with van der Waals surface area (Å²) in [5.41, 5.74) is 0.443. The normalized spacial score (nSPS) is 16.4. The first-order valence-electron chi connectivity index (χ1n) is 6.11. The minimum atomic E-state index is -0.0249. The van der Waals surface area contributed by atoms with Crippen molar-refractivity contribution in [3.05, 3.63) is 27.7 Å². The first-order valence-corrected chi connectivity index (χ1v) is 6.86. The molecule has 0 atom stereocenters. The van der Waals surface area contributed by atoms with Crippen molar-refractivity contribution < 1.29 is 9.53 Å². The molecule has 1 saturated heterocycles. The monoisotopic (exact) mass is 302 g/mol. The number of ketones is 1. The quantitative estimate of drug-likeness (QED) is 0.865. The molecule has 0 unspecified atom stereocenters. The second-order valence-corrected chi connectivity index (χ2v) is 5.26. The molecule has 0 aromatic heterocycles. The number of benzene rings is 1. The predicted molar refractivity (Wildman–Crippen MR) is 76.7 cm³/mol. The van der Waals surface area contributed by atoms with Crippen molar-refractivity contribution in [1.82, 2.24) is 10.2 Å². The Morgan fingerprint density at radius 1 is 1.37 bits per heavy atom. The third kappa shape index (κ3) is 3.60. The molecule has 0 spiro atoms. The number of hydrogen-bond donors (Lipinski definition) is 1. The molecule has 1 heterocycles. The van der Waals surface area contributed by atoms with E-state index in [-0.39, 0.29) is 5.78 Å². The van der Waals surface area contributed by atoms with Gasteiger partial charge in [0.2, 0.25) is 0 Å². The Kier molecular flexibility index (Phi) is 5.05. The van der Waals surface area contributed by atoms with Crippen LogP contribution in [0.25, 0.3) is 0 Å². The van der Waals surface area contributed by atoms with Crippen molar-refractivity contribution in [3.63, 3.8) is 0 Å². The van der Waals surface area contributed by atoms with Gasteiger partial charge in [0.05, 0.1) is 24.2 Å². The van der Waals surface area contributed by atoms with Gasteiger partial charge < -0.3 is 10.1 Å². The summed E-state index contributed by atoms with van der Waals surface area (Å²) in [6.45, 7) is 3.89. The van der Waals surface area contributed by atoms with Crippen LogP contribution in [0, 0.1) is 0 Å². The summed E-state index contributed by atoms with van der Waals surface area (Å²) in [5.74, 6) is 0.370. The highest BCUT2D eigenvalue weighted by molar-refractivity contribution is 6.36. The highest BCUT2D eigenvalue weighted by Gasteiger charge is 2.20. The van der Waals surface area contributed by atoms with Gasteiger partial charge >= 0.3 is 0 Å². The number of rotatable bonds is 4. The number of halogens is 2. The van der Waals surface area contributed by atoms with Gasteiger partial charge in [-0.25, -0.2) is 0 Å². The third-order valence-corrected chi connectivity index (χ3v) is 3.59. The molecule has 1 aliphatic heterocycles. The average Bonchev–Trinajstić information content (AvgIpc) is 2.39. The van der Waals surface area contributed by atoms with Crippen molar-refractivity contribution in [2.75, 3.05) is 39.8 Å². The average molecular weight is 303 g/mol. The number of nitrogens with zero attached hydrogens (tertiary/aromatic N) is 1. The fraction of sp³-hybridized carbons (Fsp3) is 0.462. The van der Waals surface area contributed by atoms with Crippen LogP contribution in [0.1, 0.15) is 10.4 Å². The van der Waals surface area contributed by atoms with E-state index in [0.29, 0.717) is 27.9 Å². The minimum Gasteiger partial charge on any atom is -0.494 e. The van der Waals surface area contributed by atoms with Gasteiger partial charge in [-0.05, 0) is 12.1 Å². The summed E-state index contributed by atoms with van der Waals surface area (Å²) in [5, 5.41) is 4.05. The lowest BCUT2D eigenvalue weighted by atomic mass is 10.1. The van der Waals surface area contributed by atoms with E-state index in [2.05, 4.69) is 10.2 Å². The van der Waals surface area contributed by atoms with Crippen molar-refractivity contribution in [1.29, 1.82) is 0 Å². The van der Waals surface area contributed by atoms with Crippen LogP contribution >= 0.6 is 23.2 Å². The first-order chi connectivity index (χ1) is 9.11. The summed E-state index contributed by atoms with van der Waals surface area (Å²) < 4.78 is 5.20. The van der Waals surface area contributed by atoms with Crippen LogP contribution in [0.15, 0.2) is 12.1 Å². The van der Waals surface area contributed by atoms with Gasteiger partial charge in [0.25, 0.3) is 0 Å². The van der Waals surface area contributed by atoms with Gasteiger partial charge in [0.15, 0.2) is 5.78 Å². The summed E-state index contributed by atoms with van der Waals surface area (Å²) in [6, 6.07) is 3.18. The maximum atomic E-state index is 12.3. The number of piperazine rings is 1. The van der Waals surface area contributed by atoms with E-state index in [4.69, 9.17) is 27.9 Å². The standard InChI is InChI=1S/C13H16Cl2N2O2/c1-19-13-10(6-9(14)7-11(13)15)12(18)8-17-4-2-16-3-5-17/h6-7,16H,2-5,8H2,1H3. The molecule has 0 radical (unpaired) electrons. The second-order valence-electron chi connectivity index (χ2n) is 4.42. The van der Waals surface area contributed by atoms with Crippen molar-refractivity contribution in [2.24, 2.45) is 0 Å². The lowest BCUT2D eigenvalue weighted by Crippen LogP contribution is -2.45. The van der Waals surface area contributed by atoms with Gasteiger partial charge in [0.1, 0.15) is 5.75 Å². The smallest absolute Gasteiger partial charge is 0.180 e. The Labute approximate surface area is 122 Å². The maximum absolute atomic E-state index is 12.3. The molecule has 0 aliphatic carbocycles. The van der Waals surface area contributed by atoms with Crippen LogP contribution in [0.3, 0.4) is 0 Å². The first kappa shape index (κ1) is 14.6. The number of nitrogens with one attached hydrogen (secondary N) is 1. The zero-order valence-corrected chi connectivity index (χ0v) is 12.2. The Morgan fingerprint density at radius 2 is 2.05 bits per heavy atom. The molecule has 1 aromatic rings. The lowest BCUT2D eigenvalue weighted by Gasteiger charge is -2.26. The third-order valence-electron chi connectivity index (χ3n) is 3.09. The molecule has 1 fully saturated rings. The van der Waals surface area contributed by atoms with Gasteiger partial charge in [-0.3, -0.25) is 9.69 Å². The highest BCUT2D eigenvalue weighted by Crippen LogP contribution is 2.32. The van der Waals surface area contributed by atoms with E-state index in [1.807, 2.05) is 0 Å². The Morgan fingerprint density at radius 3 is 2.68 bits per heavy atom. The van der Waals surface area contributed by atoms with Gasteiger partial charge in [-0.2, -0.15) is 0 Å². The van der Waals surface area contributed by atoms with E-state index in [1.54, 1.807) is 12.1 Å². The number of carbonyl (C=O) groups excluding carboxylic acids is 1. The second kappa shape index (κ2) is 6.57. The molecule has 1 N–H and O–H groups in total. The van der Waals surface area contributed by atoms with Crippen LogP contribution in [-0.2, 0) is 0 Å². The number of methoxy groups -OCH3 is 1. The van der Waals surface area contributed by atoms with Crippen LogP contribution in [-0.4, -0.2) is 50.5 Å². The van der Waals surface area contributed by atoms with E-state index in [0.717, 1.165) is 26.2 Å². The lowest BCUT2D eigenvalue weighted by molar-refractivity contribution is 0.0918. The molecule has 6 heteroatoms. The topological polar surface area (TPSA) is 41.6 Å². The zero-order chi connectivity index (χ0) is 13.8. The Bertz CT molecular complexity index is 474. The highest BCUT2D eigenvalue weighted by atomic mass is 35.5. The Balaban J connectivity index is 2.17. The van der Waals surface area contributed by atoms with Crippen LogP contribution in [0.5, 0.6) is 5.75 Å². The van der Waals surface area contributed by atoms with Crippen molar-refractivity contribution in [2.45, 2.75) is 0 Å². The predicted octanol–water partition coefficient (Wildman–Crippen LogP) is 2.09. The fourth-order valence-corrected chi connectivity index (χ4v) is 2.70. The van der Waals surface area contributed by atoms with Crippen LogP contribution in [0.2, 0.25) is 10.0 Å². The molecule has 104 valence electrons. The van der Waals surface area contributed by atoms with E-state index >= 15 is 0 Å². The maximum Gasteiger partial charge on any atom is 0.180 e. The molecular weight excluding hydrogens is 287 g/mol.